The Morgan fingerprint density at radius 1 is 1.31 bits per heavy atom. The van der Waals surface area contributed by atoms with E-state index in [1.807, 2.05) is 12.1 Å². The zero-order chi connectivity index (χ0) is 10.1. The van der Waals surface area contributed by atoms with Crippen LogP contribution in [0.5, 0.6) is 5.75 Å². The maximum absolute atomic E-state index is 9.57. The van der Waals surface area contributed by atoms with Crippen LogP contribution in [0.1, 0.15) is 31.9 Å². The van der Waals surface area contributed by atoms with Crippen LogP contribution in [0, 0.1) is 0 Å². The van der Waals surface area contributed by atoms with Crippen LogP contribution in [0.25, 0.3) is 0 Å². The first-order valence-corrected chi connectivity index (χ1v) is 4.47. The van der Waals surface area contributed by atoms with E-state index >= 15 is 0 Å². The minimum Gasteiger partial charge on any atom is -0.508 e. The molecule has 0 atom stereocenters. The number of benzene rings is 1. The second-order valence-electron chi connectivity index (χ2n) is 4.30. The van der Waals surface area contributed by atoms with E-state index in [1.54, 1.807) is 6.07 Å². The first-order chi connectivity index (χ1) is 5.95. The molecule has 0 aliphatic carbocycles. The average molecular weight is 179 g/mol. The molecule has 0 aromatic heterocycles. The first-order valence-electron chi connectivity index (χ1n) is 4.47. The van der Waals surface area contributed by atoms with Crippen molar-refractivity contribution >= 4 is 0 Å². The molecule has 0 amide bonds. The minimum atomic E-state index is 0.0740. The Bertz CT molecular complexity index is 299. The molecule has 1 rings (SSSR count). The number of aromatic hydroxyl groups is 1. The van der Waals surface area contributed by atoms with Gasteiger partial charge in [0.1, 0.15) is 5.75 Å². The molecule has 0 saturated heterocycles. The van der Waals surface area contributed by atoms with Crippen LogP contribution in [0.3, 0.4) is 0 Å². The summed E-state index contributed by atoms with van der Waals surface area (Å²) in [6.45, 7) is 6.73. The highest BCUT2D eigenvalue weighted by Crippen LogP contribution is 2.27. The average Bonchev–Trinajstić information content (AvgIpc) is 2.02. The molecule has 0 spiro atoms. The topological polar surface area (TPSA) is 46.2 Å². The van der Waals surface area contributed by atoms with Gasteiger partial charge in [-0.25, -0.2) is 0 Å². The monoisotopic (exact) mass is 179 g/mol. The summed E-state index contributed by atoms with van der Waals surface area (Å²) in [5, 5.41) is 9.57. The predicted octanol–water partition coefficient (Wildman–Crippen LogP) is 2.15. The highest BCUT2D eigenvalue weighted by molar-refractivity contribution is 5.38. The van der Waals surface area contributed by atoms with E-state index in [2.05, 4.69) is 20.8 Å². The summed E-state index contributed by atoms with van der Waals surface area (Å²) in [5.41, 5.74) is 7.45. The molecule has 0 fully saturated rings. The Morgan fingerprint density at radius 2 is 1.92 bits per heavy atom. The summed E-state index contributed by atoms with van der Waals surface area (Å²) in [6.07, 6.45) is 0. The number of phenolic OH excluding ortho intramolecular Hbond substituents is 1. The molecule has 2 heteroatoms. The predicted molar refractivity (Wildman–Crippen MR) is 54.7 cm³/mol. The third-order valence-corrected chi connectivity index (χ3v) is 2.17. The molecule has 13 heavy (non-hydrogen) atoms. The first kappa shape index (κ1) is 10.1. The van der Waals surface area contributed by atoms with Crippen LogP contribution in [0.4, 0.5) is 0 Å². The number of hydrogen-bond acceptors (Lipinski definition) is 2. The van der Waals surface area contributed by atoms with Gasteiger partial charge in [-0.1, -0.05) is 32.9 Å². The quantitative estimate of drug-likeness (QED) is 0.694. The summed E-state index contributed by atoms with van der Waals surface area (Å²) in [6, 6.07) is 5.69. The van der Waals surface area contributed by atoms with Crippen molar-refractivity contribution in [3.63, 3.8) is 0 Å². The smallest absolute Gasteiger partial charge is 0.120 e. The van der Waals surface area contributed by atoms with Gasteiger partial charge in [0.15, 0.2) is 0 Å². The molecule has 0 heterocycles. The van der Waals surface area contributed by atoms with Crippen molar-refractivity contribution in [3.05, 3.63) is 29.3 Å². The molecule has 0 radical (unpaired) electrons. The Balaban J connectivity index is 3.10. The maximum Gasteiger partial charge on any atom is 0.120 e. The van der Waals surface area contributed by atoms with Gasteiger partial charge in [0.2, 0.25) is 0 Å². The van der Waals surface area contributed by atoms with Crippen LogP contribution < -0.4 is 5.73 Å². The summed E-state index contributed by atoms with van der Waals surface area (Å²) in [7, 11) is 0. The van der Waals surface area contributed by atoms with E-state index in [0.717, 1.165) is 11.1 Å². The molecule has 2 nitrogen and oxygen atoms in total. The van der Waals surface area contributed by atoms with Gasteiger partial charge in [-0.05, 0) is 17.0 Å². The lowest BCUT2D eigenvalue weighted by atomic mass is 9.86. The van der Waals surface area contributed by atoms with Crippen molar-refractivity contribution in [3.8, 4) is 5.75 Å². The second kappa shape index (κ2) is 3.38. The lowest BCUT2D eigenvalue weighted by Crippen LogP contribution is -2.11. The van der Waals surface area contributed by atoms with E-state index in [-0.39, 0.29) is 5.41 Å². The fourth-order valence-electron chi connectivity index (χ4n) is 1.20. The van der Waals surface area contributed by atoms with Crippen LogP contribution in [-0.4, -0.2) is 5.11 Å². The normalized spacial score (nSPS) is 11.7. The maximum atomic E-state index is 9.57. The Hall–Kier alpha value is -1.02. The summed E-state index contributed by atoms with van der Waals surface area (Å²) in [5.74, 6) is 0.301. The molecule has 0 bridgehead atoms. The zero-order valence-corrected chi connectivity index (χ0v) is 8.46. The number of hydrogen-bond donors (Lipinski definition) is 2. The van der Waals surface area contributed by atoms with Crippen LogP contribution in [0.2, 0.25) is 0 Å². The number of rotatable bonds is 1. The molecular formula is C11H17NO. The standard InChI is InChI=1S/C11H17NO/c1-11(2,3)9-5-4-8(7-12)10(13)6-9/h4-6,13H,7,12H2,1-3H3. The molecule has 1 aromatic carbocycles. The van der Waals surface area contributed by atoms with E-state index in [4.69, 9.17) is 5.73 Å². The Labute approximate surface area is 79.4 Å². The molecule has 0 saturated carbocycles. The molecule has 0 aliphatic rings. The number of nitrogens with two attached hydrogens (primary N) is 1. The fourth-order valence-corrected chi connectivity index (χ4v) is 1.20. The SMILES string of the molecule is CC(C)(C)c1ccc(CN)c(O)c1. The van der Waals surface area contributed by atoms with Gasteiger partial charge >= 0.3 is 0 Å². The number of phenols is 1. The van der Waals surface area contributed by atoms with Crippen molar-refractivity contribution in [1.82, 2.24) is 0 Å². The van der Waals surface area contributed by atoms with Crippen molar-refractivity contribution in [2.75, 3.05) is 0 Å². The zero-order valence-electron chi connectivity index (χ0n) is 8.46. The van der Waals surface area contributed by atoms with E-state index < -0.39 is 0 Å². The van der Waals surface area contributed by atoms with Crippen molar-refractivity contribution in [2.45, 2.75) is 32.7 Å². The van der Waals surface area contributed by atoms with E-state index in [0.29, 0.717) is 12.3 Å². The summed E-state index contributed by atoms with van der Waals surface area (Å²) in [4.78, 5) is 0. The van der Waals surface area contributed by atoms with Gasteiger partial charge in [-0.15, -0.1) is 0 Å². The van der Waals surface area contributed by atoms with E-state index in [9.17, 15) is 5.11 Å². The van der Waals surface area contributed by atoms with Crippen LogP contribution in [0.15, 0.2) is 18.2 Å². The fraction of sp³-hybridized carbons (Fsp3) is 0.455. The largest absolute Gasteiger partial charge is 0.508 e. The van der Waals surface area contributed by atoms with Crippen molar-refractivity contribution in [2.24, 2.45) is 5.73 Å². The molecule has 1 aromatic rings. The summed E-state index contributed by atoms with van der Waals surface area (Å²) >= 11 is 0. The van der Waals surface area contributed by atoms with Gasteiger partial charge in [0, 0.05) is 12.1 Å². The van der Waals surface area contributed by atoms with Crippen LogP contribution in [-0.2, 0) is 12.0 Å². The molecular weight excluding hydrogens is 162 g/mol. The lowest BCUT2D eigenvalue weighted by molar-refractivity contribution is 0.464. The van der Waals surface area contributed by atoms with Gasteiger partial charge in [0.25, 0.3) is 0 Å². The highest BCUT2D eigenvalue weighted by atomic mass is 16.3. The second-order valence-corrected chi connectivity index (χ2v) is 4.30. The van der Waals surface area contributed by atoms with Gasteiger partial charge in [-0.3, -0.25) is 0 Å². The molecule has 72 valence electrons. The lowest BCUT2D eigenvalue weighted by Gasteiger charge is -2.19. The van der Waals surface area contributed by atoms with Crippen molar-refractivity contribution in [1.29, 1.82) is 0 Å². The van der Waals surface area contributed by atoms with Crippen LogP contribution >= 0.6 is 0 Å². The Kier molecular flexibility index (Phi) is 2.62. The third kappa shape index (κ3) is 2.22. The molecule has 3 N–H and O–H groups in total. The summed E-state index contributed by atoms with van der Waals surface area (Å²) < 4.78 is 0. The molecule has 0 unspecified atom stereocenters. The Morgan fingerprint density at radius 3 is 2.31 bits per heavy atom. The van der Waals surface area contributed by atoms with Crippen molar-refractivity contribution < 1.29 is 5.11 Å². The highest BCUT2D eigenvalue weighted by Gasteiger charge is 2.14. The van der Waals surface area contributed by atoms with E-state index in [1.165, 1.54) is 0 Å². The van der Waals surface area contributed by atoms with Gasteiger partial charge in [0.05, 0.1) is 0 Å². The van der Waals surface area contributed by atoms with Gasteiger partial charge < -0.3 is 10.8 Å². The third-order valence-electron chi connectivity index (χ3n) is 2.17. The van der Waals surface area contributed by atoms with Gasteiger partial charge in [-0.2, -0.15) is 0 Å². The minimum absolute atomic E-state index is 0.0740. The molecule has 0 aliphatic heterocycles.